The van der Waals surface area contributed by atoms with Crippen molar-refractivity contribution < 1.29 is 18.7 Å². The minimum Gasteiger partial charge on any atom is -0.381 e. The minimum absolute atomic E-state index is 0.214. The van der Waals surface area contributed by atoms with E-state index in [1.165, 1.54) is 12.1 Å². The zero-order valence-corrected chi connectivity index (χ0v) is 13.5. The Morgan fingerprint density at radius 3 is 2.87 bits per heavy atom. The number of H-pyrrole nitrogens is 2. The van der Waals surface area contributed by atoms with Crippen LogP contribution in [-0.2, 0) is 9.47 Å². The molecule has 1 aliphatic rings. The zero-order valence-electron chi connectivity index (χ0n) is 12.7. The summed E-state index contributed by atoms with van der Waals surface area (Å²) in [4.78, 5) is 18.2. The third-order valence-corrected chi connectivity index (χ3v) is 4.45. The lowest BCUT2D eigenvalue weighted by Crippen LogP contribution is -2.48. The first-order valence-electron chi connectivity index (χ1n) is 7.36. The highest BCUT2D eigenvalue weighted by Gasteiger charge is 2.33. The molecule has 23 heavy (non-hydrogen) atoms. The average Bonchev–Trinajstić information content (AvgIpc) is 2.92. The number of aromatic amines is 2. The molecule has 1 saturated heterocycles. The van der Waals surface area contributed by atoms with Gasteiger partial charge in [-0.3, -0.25) is 4.79 Å². The van der Waals surface area contributed by atoms with Crippen molar-refractivity contribution in [2.75, 3.05) is 26.9 Å². The number of fused-ring (bicyclic) bond motifs is 1. The van der Waals surface area contributed by atoms with Crippen molar-refractivity contribution in [1.82, 2.24) is 15.3 Å². The Bertz CT molecular complexity index is 780. The largest absolute Gasteiger partial charge is 0.381 e. The van der Waals surface area contributed by atoms with Crippen LogP contribution in [0.1, 0.15) is 23.2 Å². The molecule has 1 aromatic carbocycles. The molecule has 1 fully saturated rings. The van der Waals surface area contributed by atoms with Crippen LogP contribution in [0.3, 0.4) is 0 Å². The summed E-state index contributed by atoms with van der Waals surface area (Å²) in [6.45, 7) is 1.53. The number of hydrogen-bond acceptors (Lipinski definition) is 4. The number of rotatable bonds is 4. The maximum atomic E-state index is 13.7. The SMILES string of the molecule is COC1(CNC(=O)c2cc(F)cc3[nH]c(=S)[nH]c23)CCOCC1. The lowest BCUT2D eigenvalue weighted by Gasteiger charge is -2.35. The number of halogens is 1. The van der Waals surface area contributed by atoms with E-state index in [9.17, 15) is 9.18 Å². The molecule has 0 radical (unpaired) electrons. The molecular formula is C15H18FN3O3S. The van der Waals surface area contributed by atoms with Gasteiger partial charge in [-0.25, -0.2) is 4.39 Å². The van der Waals surface area contributed by atoms with Gasteiger partial charge in [-0.2, -0.15) is 0 Å². The van der Waals surface area contributed by atoms with E-state index >= 15 is 0 Å². The second-order valence-corrected chi connectivity index (χ2v) is 6.05. The molecule has 6 nitrogen and oxygen atoms in total. The Hall–Kier alpha value is -1.77. The molecule has 3 rings (SSSR count). The molecule has 0 unspecified atom stereocenters. The number of hydrogen-bond donors (Lipinski definition) is 3. The van der Waals surface area contributed by atoms with Crippen LogP contribution >= 0.6 is 12.2 Å². The van der Waals surface area contributed by atoms with Crippen molar-refractivity contribution in [3.05, 3.63) is 28.3 Å². The van der Waals surface area contributed by atoms with E-state index in [1.807, 2.05) is 0 Å². The van der Waals surface area contributed by atoms with E-state index in [4.69, 9.17) is 21.7 Å². The number of nitrogens with one attached hydrogen (secondary N) is 3. The lowest BCUT2D eigenvalue weighted by atomic mass is 9.94. The van der Waals surface area contributed by atoms with E-state index in [1.54, 1.807) is 7.11 Å². The number of imidazole rings is 1. The van der Waals surface area contributed by atoms with Crippen LogP contribution in [0.2, 0.25) is 0 Å². The Morgan fingerprint density at radius 1 is 1.43 bits per heavy atom. The lowest BCUT2D eigenvalue weighted by molar-refractivity contribution is -0.0864. The molecule has 0 bridgehead atoms. The Labute approximate surface area is 137 Å². The number of methoxy groups -OCH3 is 1. The molecular weight excluding hydrogens is 321 g/mol. The number of carbonyl (C=O) groups is 1. The van der Waals surface area contributed by atoms with Crippen molar-refractivity contribution in [3.63, 3.8) is 0 Å². The first-order chi connectivity index (χ1) is 11.0. The van der Waals surface area contributed by atoms with Crippen LogP contribution in [-0.4, -0.2) is 48.3 Å². The quantitative estimate of drug-likeness (QED) is 0.747. The topological polar surface area (TPSA) is 79.1 Å². The molecule has 0 saturated carbocycles. The summed E-state index contributed by atoms with van der Waals surface area (Å²) in [5.41, 5.74) is 0.733. The molecule has 0 aliphatic carbocycles. The van der Waals surface area contributed by atoms with E-state index < -0.39 is 11.4 Å². The van der Waals surface area contributed by atoms with Crippen LogP contribution in [0.15, 0.2) is 12.1 Å². The summed E-state index contributed by atoms with van der Waals surface area (Å²) in [6, 6.07) is 2.49. The van der Waals surface area contributed by atoms with Gasteiger partial charge >= 0.3 is 0 Å². The minimum atomic E-state index is -0.500. The molecule has 2 aromatic rings. The standard InChI is InChI=1S/C15H18FN3O3S/c1-21-15(2-4-22-5-3-15)8-17-13(20)10-6-9(16)7-11-12(10)19-14(23)18-11/h6-7H,2-5,8H2,1H3,(H,17,20)(H2,18,19,23). The second kappa shape index (κ2) is 6.38. The third-order valence-electron chi connectivity index (χ3n) is 4.24. The number of carbonyl (C=O) groups excluding carboxylic acids is 1. The highest BCUT2D eigenvalue weighted by molar-refractivity contribution is 7.71. The summed E-state index contributed by atoms with van der Waals surface area (Å²) in [5, 5.41) is 2.83. The molecule has 1 amide bonds. The highest BCUT2D eigenvalue weighted by Crippen LogP contribution is 2.24. The molecule has 1 aromatic heterocycles. The van der Waals surface area contributed by atoms with Crippen LogP contribution in [0.25, 0.3) is 11.0 Å². The Kier molecular flexibility index (Phi) is 4.47. The van der Waals surface area contributed by atoms with E-state index in [2.05, 4.69) is 15.3 Å². The predicted molar refractivity (Wildman–Crippen MR) is 85.6 cm³/mol. The van der Waals surface area contributed by atoms with Crippen LogP contribution in [0.4, 0.5) is 4.39 Å². The molecule has 2 heterocycles. The van der Waals surface area contributed by atoms with Crippen molar-refractivity contribution in [2.24, 2.45) is 0 Å². The number of benzene rings is 1. The fourth-order valence-electron chi connectivity index (χ4n) is 2.82. The first kappa shape index (κ1) is 16.1. The average molecular weight is 339 g/mol. The van der Waals surface area contributed by atoms with Crippen molar-refractivity contribution in [1.29, 1.82) is 0 Å². The van der Waals surface area contributed by atoms with E-state index in [0.29, 0.717) is 48.4 Å². The van der Waals surface area contributed by atoms with Gasteiger partial charge < -0.3 is 24.8 Å². The van der Waals surface area contributed by atoms with Crippen LogP contribution < -0.4 is 5.32 Å². The Morgan fingerprint density at radius 2 is 2.17 bits per heavy atom. The van der Waals surface area contributed by atoms with E-state index in [-0.39, 0.29) is 11.5 Å². The second-order valence-electron chi connectivity index (χ2n) is 5.64. The van der Waals surface area contributed by atoms with Crippen molar-refractivity contribution in [2.45, 2.75) is 18.4 Å². The smallest absolute Gasteiger partial charge is 0.253 e. The molecule has 0 spiro atoms. The fraction of sp³-hybridized carbons (Fsp3) is 0.467. The van der Waals surface area contributed by atoms with Gasteiger partial charge in [-0.05, 0) is 24.4 Å². The van der Waals surface area contributed by atoms with Gasteiger partial charge in [0.25, 0.3) is 5.91 Å². The van der Waals surface area contributed by atoms with Crippen LogP contribution in [0.5, 0.6) is 0 Å². The molecule has 8 heteroatoms. The molecule has 124 valence electrons. The van der Waals surface area contributed by atoms with Gasteiger partial charge in [0.1, 0.15) is 5.82 Å². The van der Waals surface area contributed by atoms with Gasteiger partial charge in [0.15, 0.2) is 4.77 Å². The van der Waals surface area contributed by atoms with Gasteiger partial charge in [0, 0.05) is 39.7 Å². The summed E-state index contributed by atoms with van der Waals surface area (Å²) in [5.74, 6) is -0.872. The van der Waals surface area contributed by atoms with Gasteiger partial charge in [0.2, 0.25) is 0 Å². The van der Waals surface area contributed by atoms with Gasteiger partial charge in [-0.1, -0.05) is 0 Å². The number of ether oxygens (including phenoxy) is 2. The summed E-state index contributed by atoms with van der Waals surface area (Å²) in [7, 11) is 1.63. The Balaban J connectivity index is 1.82. The zero-order chi connectivity index (χ0) is 16.4. The van der Waals surface area contributed by atoms with Crippen molar-refractivity contribution in [3.8, 4) is 0 Å². The van der Waals surface area contributed by atoms with Crippen LogP contribution in [0, 0.1) is 10.6 Å². The summed E-state index contributed by atoms with van der Waals surface area (Å²) < 4.78 is 25.0. The molecule has 0 atom stereocenters. The van der Waals surface area contributed by atoms with Crippen molar-refractivity contribution >= 4 is 29.2 Å². The monoisotopic (exact) mass is 339 g/mol. The van der Waals surface area contributed by atoms with Gasteiger partial charge in [0.05, 0.1) is 22.2 Å². The molecule has 1 aliphatic heterocycles. The normalized spacial score (nSPS) is 17.3. The molecule has 3 N–H and O–H groups in total. The first-order valence-corrected chi connectivity index (χ1v) is 7.76. The fourth-order valence-corrected chi connectivity index (χ4v) is 3.03. The maximum Gasteiger partial charge on any atom is 0.253 e. The maximum absolute atomic E-state index is 13.7. The predicted octanol–water partition coefficient (Wildman–Crippen LogP) is 2.29. The summed E-state index contributed by atoms with van der Waals surface area (Å²) >= 11 is 5.01. The summed E-state index contributed by atoms with van der Waals surface area (Å²) in [6.07, 6.45) is 1.41. The number of aromatic nitrogens is 2. The highest BCUT2D eigenvalue weighted by atomic mass is 32.1. The number of amides is 1. The third kappa shape index (κ3) is 3.29. The van der Waals surface area contributed by atoms with E-state index in [0.717, 1.165) is 0 Å². The van der Waals surface area contributed by atoms with Gasteiger partial charge in [-0.15, -0.1) is 0 Å².